The molecule has 4 nitrogen and oxygen atoms in total. The van der Waals surface area contributed by atoms with E-state index in [2.05, 4.69) is 0 Å². The Morgan fingerprint density at radius 1 is 1.10 bits per heavy atom. The largest absolute Gasteiger partial charge is 0.458 e. The van der Waals surface area contributed by atoms with Crippen LogP contribution in [0, 0.1) is 17.1 Å². The Morgan fingerprint density at radius 3 is 2.33 bits per heavy atom. The highest BCUT2D eigenvalue weighted by Gasteiger charge is 2.79. The molecular formula is C18H11B3F5NO3. The van der Waals surface area contributed by atoms with Gasteiger partial charge in [0.25, 0.3) is 0 Å². The van der Waals surface area contributed by atoms with Crippen LogP contribution in [0.25, 0.3) is 0 Å². The lowest BCUT2D eigenvalue weighted by molar-refractivity contribution is -0.283. The molecule has 1 N–H and O–H groups in total. The van der Waals surface area contributed by atoms with Crippen molar-refractivity contribution < 1.29 is 36.6 Å². The van der Waals surface area contributed by atoms with Crippen LogP contribution in [-0.2, 0) is 11.5 Å². The molecule has 150 valence electrons. The first-order valence-electron chi connectivity index (χ1n) is 8.87. The van der Waals surface area contributed by atoms with E-state index in [1.54, 1.807) is 0 Å². The number of alkyl halides is 4. The number of rotatable bonds is 2. The first kappa shape index (κ1) is 20.5. The molecule has 2 aromatic rings. The monoisotopic (exact) mass is 417 g/mol. The highest BCUT2D eigenvalue weighted by atomic mass is 19.3. The minimum atomic E-state index is -4.89. The second-order valence-corrected chi connectivity index (χ2v) is 7.58. The Labute approximate surface area is 169 Å². The van der Waals surface area contributed by atoms with Gasteiger partial charge in [0.2, 0.25) is 0 Å². The minimum Gasteiger partial charge on any atom is -0.458 e. The van der Waals surface area contributed by atoms with Gasteiger partial charge in [-0.1, -0.05) is 0 Å². The van der Waals surface area contributed by atoms with Crippen LogP contribution in [0.3, 0.4) is 0 Å². The molecule has 12 heteroatoms. The van der Waals surface area contributed by atoms with Crippen LogP contribution in [0.2, 0.25) is 0 Å². The molecule has 0 unspecified atom stereocenters. The maximum Gasteiger partial charge on any atom is 0.347 e. The van der Waals surface area contributed by atoms with Gasteiger partial charge in [0, 0.05) is 16.7 Å². The van der Waals surface area contributed by atoms with Gasteiger partial charge in [-0.2, -0.15) is 22.8 Å². The van der Waals surface area contributed by atoms with E-state index in [-0.39, 0.29) is 33.5 Å². The molecule has 0 saturated heterocycles. The predicted octanol–water partition coefficient (Wildman–Crippen LogP) is -1.22. The van der Waals surface area contributed by atoms with Gasteiger partial charge in [-0.3, -0.25) is 4.79 Å². The first-order valence-corrected chi connectivity index (χ1v) is 8.87. The topological polar surface area (TPSA) is 70.3 Å². The Bertz CT molecular complexity index is 1210. The zero-order valence-electron chi connectivity index (χ0n) is 16.0. The van der Waals surface area contributed by atoms with Gasteiger partial charge in [-0.05, 0) is 28.5 Å². The average molecular weight is 417 g/mol. The molecule has 0 fully saturated rings. The van der Waals surface area contributed by atoms with Crippen molar-refractivity contribution in [1.82, 2.24) is 0 Å². The lowest BCUT2D eigenvalue weighted by atomic mass is 9.75. The van der Waals surface area contributed by atoms with Crippen molar-refractivity contribution >= 4 is 45.7 Å². The van der Waals surface area contributed by atoms with Gasteiger partial charge in [0.15, 0.2) is 11.4 Å². The summed E-state index contributed by atoms with van der Waals surface area (Å²) in [5, 5.41) is 19.7. The molecule has 0 bridgehead atoms. The fraction of sp³-hybridized carbons (Fsp3) is 0.222. The highest BCUT2D eigenvalue weighted by molar-refractivity contribution is 6.47. The number of ketones is 1. The standard InChI is InChI=1S/C18H11B3F5NO3/c19-11-5(4-27)12(20)15(13(21)14(11)22)30-8-2-1-6-10-9(8)7(28)3-16(10,29)18(25,26)17(6,23)24/h1-2,29H,3,19-21H2/t16-/m1/s1. The predicted molar refractivity (Wildman–Crippen MR) is 104 cm³/mol. The molecule has 4 rings (SSSR count). The number of aliphatic hydroxyl groups is 1. The van der Waals surface area contributed by atoms with Crippen LogP contribution in [-0.4, -0.2) is 40.4 Å². The SMILES string of the molecule is Bc1c(F)c(B)c(Oc2ccc3c4c2C(=O)C[C@]4(O)C(F)(F)C3(F)F)c(B)c1C#N. The summed E-state index contributed by atoms with van der Waals surface area (Å²) in [5.41, 5.74) is -5.67. The quantitative estimate of drug-likeness (QED) is 0.492. The summed E-state index contributed by atoms with van der Waals surface area (Å²) in [6, 6.07) is 3.43. The molecule has 0 saturated carbocycles. The Hall–Kier alpha value is -2.80. The lowest BCUT2D eigenvalue weighted by Gasteiger charge is -2.29. The van der Waals surface area contributed by atoms with E-state index in [1.165, 1.54) is 23.5 Å². The second kappa shape index (κ2) is 5.88. The molecule has 0 radical (unpaired) electrons. The third-order valence-corrected chi connectivity index (χ3v) is 5.94. The van der Waals surface area contributed by atoms with Crippen LogP contribution in [0.15, 0.2) is 12.1 Å². The van der Waals surface area contributed by atoms with Crippen LogP contribution in [0.5, 0.6) is 11.5 Å². The van der Waals surface area contributed by atoms with Crippen LogP contribution in [0.4, 0.5) is 22.0 Å². The molecule has 0 aromatic heterocycles. The van der Waals surface area contributed by atoms with Crippen LogP contribution in [0.1, 0.15) is 33.5 Å². The van der Waals surface area contributed by atoms with E-state index >= 15 is 0 Å². The molecule has 0 spiro atoms. The van der Waals surface area contributed by atoms with Gasteiger partial charge in [-0.25, -0.2) is 4.39 Å². The number of Topliss-reactive ketones (excluding diaryl/α,β-unsaturated/α-hetero) is 1. The summed E-state index contributed by atoms with van der Waals surface area (Å²) in [6.07, 6.45) is -1.23. The van der Waals surface area contributed by atoms with E-state index in [0.717, 1.165) is 6.07 Å². The number of hydrogen-bond donors (Lipinski definition) is 1. The van der Waals surface area contributed by atoms with Crippen molar-refractivity contribution in [3.63, 3.8) is 0 Å². The van der Waals surface area contributed by atoms with Crippen LogP contribution < -0.4 is 21.1 Å². The van der Waals surface area contributed by atoms with E-state index in [0.29, 0.717) is 6.07 Å². The average Bonchev–Trinajstić information content (AvgIpc) is 3.01. The Kier molecular flexibility index (Phi) is 4.01. The number of nitrogens with zero attached hydrogens (tertiary/aromatic N) is 1. The fourth-order valence-electron chi connectivity index (χ4n) is 4.34. The third-order valence-electron chi connectivity index (χ3n) is 5.94. The number of carbonyl (C=O) groups is 1. The number of carbonyl (C=O) groups excluding carboxylic acids is 1. The van der Waals surface area contributed by atoms with Crippen molar-refractivity contribution in [3.05, 3.63) is 40.2 Å². The normalized spacial score (nSPS) is 22.6. The summed E-state index contributed by atoms with van der Waals surface area (Å²) >= 11 is 0. The highest BCUT2D eigenvalue weighted by Crippen LogP contribution is 2.65. The summed E-state index contributed by atoms with van der Waals surface area (Å²) in [5.74, 6) is -11.8. The summed E-state index contributed by atoms with van der Waals surface area (Å²) in [6.45, 7) is 0. The minimum absolute atomic E-state index is 0.00642. The van der Waals surface area contributed by atoms with E-state index in [1.807, 2.05) is 6.07 Å². The summed E-state index contributed by atoms with van der Waals surface area (Å²) in [4.78, 5) is 12.4. The molecule has 2 aromatic carbocycles. The molecule has 30 heavy (non-hydrogen) atoms. The number of benzene rings is 2. The van der Waals surface area contributed by atoms with Crippen molar-refractivity contribution in [2.75, 3.05) is 0 Å². The van der Waals surface area contributed by atoms with Crippen molar-refractivity contribution in [1.29, 1.82) is 5.26 Å². The maximum absolute atomic E-state index is 14.5. The molecule has 2 aliphatic carbocycles. The maximum atomic E-state index is 14.5. The first-order chi connectivity index (χ1) is 13.8. The molecule has 2 aliphatic rings. The van der Waals surface area contributed by atoms with Crippen molar-refractivity contribution in [2.45, 2.75) is 23.9 Å². The number of halogens is 5. The number of nitriles is 1. The molecule has 0 amide bonds. The fourth-order valence-corrected chi connectivity index (χ4v) is 4.34. The zero-order chi connectivity index (χ0) is 22.4. The smallest absolute Gasteiger partial charge is 0.347 e. The Balaban J connectivity index is 1.96. The van der Waals surface area contributed by atoms with Crippen LogP contribution >= 0.6 is 0 Å². The van der Waals surface area contributed by atoms with Gasteiger partial charge >= 0.3 is 11.8 Å². The lowest BCUT2D eigenvalue weighted by Crippen LogP contribution is -2.48. The van der Waals surface area contributed by atoms with E-state index in [4.69, 9.17) is 4.74 Å². The Morgan fingerprint density at radius 2 is 1.73 bits per heavy atom. The summed E-state index contributed by atoms with van der Waals surface area (Å²) < 4.78 is 77.5. The molecule has 0 aliphatic heterocycles. The molecule has 0 heterocycles. The number of ether oxygens (including phenoxy) is 1. The molecular weight excluding hydrogens is 406 g/mol. The van der Waals surface area contributed by atoms with Gasteiger partial charge in [-0.15, -0.1) is 0 Å². The zero-order valence-corrected chi connectivity index (χ0v) is 16.0. The van der Waals surface area contributed by atoms with Gasteiger partial charge in [0.1, 0.15) is 40.9 Å². The number of hydrogen-bond acceptors (Lipinski definition) is 4. The molecule has 1 atom stereocenters. The van der Waals surface area contributed by atoms with Gasteiger partial charge < -0.3 is 9.84 Å². The summed E-state index contributed by atoms with van der Waals surface area (Å²) in [7, 11) is 4.24. The van der Waals surface area contributed by atoms with Crippen molar-refractivity contribution in [3.8, 4) is 17.6 Å². The van der Waals surface area contributed by atoms with E-state index in [9.17, 15) is 37.1 Å². The third kappa shape index (κ3) is 2.13. The van der Waals surface area contributed by atoms with Gasteiger partial charge in [0.05, 0.1) is 18.1 Å². The van der Waals surface area contributed by atoms with Crippen molar-refractivity contribution in [2.24, 2.45) is 0 Å². The second-order valence-electron chi connectivity index (χ2n) is 7.58. The van der Waals surface area contributed by atoms with E-state index < -0.39 is 52.2 Å².